The Bertz CT molecular complexity index is 695. The SMILES string of the molecule is Cc1noc(C)c1CN1CCCN(C(=O)CCOc2ccccc2)CC1. The second-order valence-corrected chi connectivity index (χ2v) is 6.72. The average Bonchev–Trinajstić information content (AvgIpc) is 2.85. The van der Waals surface area contributed by atoms with E-state index in [-0.39, 0.29) is 5.91 Å². The third-order valence-corrected chi connectivity index (χ3v) is 4.83. The second kappa shape index (κ2) is 8.85. The van der Waals surface area contributed by atoms with Gasteiger partial charge < -0.3 is 14.2 Å². The maximum absolute atomic E-state index is 12.5. The van der Waals surface area contributed by atoms with Gasteiger partial charge in [-0.3, -0.25) is 9.69 Å². The maximum Gasteiger partial charge on any atom is 0.226 e. The van der Waals surface area contributed by atoms with Crippen molar-refractivity contribution in [3.05, 3.63) is 47.3 Å². The van der Waals surface area contributed by atoms with Gasteiger partial charge in [0.2, 0.25) is 5.91 Å². The van der Waals surface area contributed by atoms with Crippen molar-refractivity contribution in [2.24, 2.45) is 0 Å². The fourth-order valence-corrected chi connectivity index (χ4v) is 3.26. The number of carbonyl (C=O) groups is 1. The predicted octanol–water partition coefficient (Wildman–Crippen LogP) is 2.79. The minimum atomic E-state index is 0.167. The van der Waals surface area contributed by atoms with E-state index in [0.717, 1.165) is 56.3 Å². The number of para-hydroxylation sites is 1. The number of ether oxygens (including phenoxy) is 1. The molecule has 0 aliphatic carbocycles. The van der Waals surface area contributed by atoms with Gasteiger partial charge in [-0.05, 0) is 32.4 Å². The zero-order valence-electron chi connectivity index (χ0n) is 15.6. The summed E-state index contributed by atoms with van der Waals surface area (Å²) in [5, 5.41) is 4.03. The lowest BCUT2D eigenvalue weighted by Gasteiger charge is -2.22. The quantitative estimate of drug-likeness (QED) is 0.796. The third-order valence-electron chi connectivity index (χ3n) is 4.83. The highest BCUT2D eigenvalue weighted by Gasteiger charge is 2.21. The van der Waals surface area contributed by atoms with Gasteiger partial charge in [-0.1, -0.05) is 23.4 Å². The van der Waals surface area contributed by atoms with Crippen LogP contribution in [0.4, 0.5) is 0 Å². The number of amides is 1. The Morgan fingerprint density at radius 3 is 2.69 bits per heavy atom. The third kappa shape index (κ3) is 4.85. The van der Waals surface area contributed by atoms with Crippen molar-refractivity contribution in [2.45, 2.75) is 33.2 Å². The number of carbonyl (C=O) groups excluding carboxylic acids is 1. The van der Waals surface area contributed by atoms with E-state index < -0.39 is 0 Å². The Labute approximate surface area is 154 Å². The molecule has 0 radical (unpaired) electrons. The standard InChI is InChI=1S/C20H27N3O3/c1-16-19(17(2)26-21-16)15-22-10-6-11-23(13-12-22)20(24)9-14-25-18-7-4-3-5-8-18/h3-5,7-8H,6,9-15H2,1-2H3. The molecular weight excluding hydrogens is 330 g/mol. The molecule has 1 aromatic carbocycles. The van der Waals surface area contributed by atoms with E-state index in [4.69, 9.17) is 9.26 Å². The molecule has 2 heterocycles. The summed E-state index contributed by atoms with van der Waals surface area (Å²) < 4.78 is 10.9. The Kier molecular flexibility index (Phi) is 6.28. The number of hydrogen-bond donors (Lipinski definition) is 0. The van der Waals surface area contributed by atoms with Crippen LogP contribution < -0.4 is 4.74 Å². The van der Waals surface area contributed by atoms with Crippen LogP contribution in [0.15, 0.2) is 34.9 Å². The Balaban J connectivity index is 1.45. The Morgan fingerprint density at radius 1 is 1.15 bits per heavy atom. The Hall–Kier alpha value is -2.34. The van der Waals surface area contributed by atoms with Gasteiger partial charge in [-0.25, -0.2) is 0 Å². The number of nitrogens with zero attached hydrogens (tertiary/aromatic N) is 3. The van der Waals surface area contributed by atoms with Crippen molar-refractivity contribution in [3.8, 4) is 5.75 Å². The van der Waals surface area contributed by atoms with Crippen LogP contribution in [0.2, 0.25) is 0 Å². The molecule has 0 N–H and O–H groups in total. The van der Waals surface area contributed by atoms with E-state index in [1.807, 2.05) is 49.1 Å². The van der Waals surface area contributed by atoms with Gasteiger partial charge in [0.25, 0.3) is 0 Å². The summed E-state index contributed by atoms with van der Waals surface area (Å²) in [7, 11) is 0. The summed E-state index contributed by atoms with van der Waals surface area (Å²) >= 11 is 0. The molecule has 3 rings (SSSR count). The molecule has 0 unspecified atom stereocenters. The van der Waals surface area contributed by atoms with Crippen molar-refractivity contribution in [1.29, 1.82) is 0 Å². The van der Waals surface area contributed by atoms with Gasteiger partial charge in [0.1, 0.15) is 11.5 Å². The van der Waals surface area contributed by atoms with Crippen LogP contribution in [-0.4, -0.2) is 53.6 Å². The predicted molar refractivity (Wildman–Crippen MR) is 99.0 cm³/mol. The molecular formula is C20H27N3O3. The molecule has 1 aliphatic rings. The zero-order chi connectivity index (χ0) is 18.4. The first-order valence-corrected chi connectivity index (χ1v) is 9.23. The molecule has 6 heteroatoms. The molecule has 1 amide bonds. The van der Waals surface area contributed by atoms with Gasteiger partial charge in [0.05, 0.1) is 18.7 Å². The van der Waals surface area contributed by atoms with Crippen LogP contribution in [0.3, 0.4) is 0 Å². The van der Waals surface area contributed by atoms with Gasteiger partial charge in [-0.15, -0.1) is 0 Å². The summed E-state index contributed by atoms with van der Waals surface area (Å²) in [6.45, 7) is 8.60. The zero-order valence-corrected chi connectivity index (χ0v) is 15.6. The van der Waals surface area contributed by atoms with Crippen molar-refractivity contribution in [3.63, 3.8) is 0 Å². The molecule has 1 aliphatic heterocycles. The number of rotatable bonds is 6. The fourth-order valence-electron chi connectivity index (χ4n) is 3.26. The first-order chi connectivity index (χ1) is 12.6. The summed E-state index contributed by atoms with van der Waals surface area (Å²) in [6, 6.07) is 9.62. The highest BCUT2D eigenvalue weighted by atomic mass is 16.5. The van der Waals surface area contributed by atoms with Crippen molar-refractivity contribution < 1.29 is 14.1 Å². The van der Waals surface area contributed by atoms with E-state index in [2.05, 4.69) is 10.1 Å². The first-order valence-electron chi connectivity index (χ1n) is 9.23. The van der Waals surface area contributed by atoms with E-state index >= 15 is 0 Å². The number of hydrogen-bond acceptors (Lipinski definition) is 5. The number of benzene rings is 1. The molecule has 0 atom stereocenters. The molecule has 0 saturated carbocycles. The van der Waals surface area contributed by atoms with Crippen LogP contribution in [0.1, 0.15) is 29.9 Å². The molecule has 6 nitrogen and oxygen atoms in total. The van der Waals surface area contributed by atoms with Gasteiger partial charge in [-0.2, -0.15) is 0 Å². The molecule has 0 bridgehead atoms. The average molecular weight is 357 g/mol. The number of aryl methyl sites for hydroxylation is 2. The summed E-state index contributed by atoms with van der Waals surface area (Å²) in [4.78, 5) is 16.8. The van der Waals surface area contributed by atoms with Gasteiger partial charge >= 0.3 is 0 Å². The second-order valence-electron chi connectivity index (χ2n) is 6.72. The van der Waals surface area contributed by atoms with Crippen LogP contribution in [0, 0.1) is 13.8 Å². The largest absolute Gasteiger partial charge is 0.493 e. The van der Waals surface area contributed by atoms with Gasteiger partial charge in [0, 0.05) is 38.3 Å². The van der Waals surface area contributed by atoms with Crippen molar-refractivity contribution >= 4 is 5.91 Å². The van der Waals surface area contributed by atoms with E-state index in [9.17, 15) is 4.79 Å². The van der Waals surface area contributed by atoms with Crippen molar-refractivity contribution in [2.75, 3.05) is 32.8 Å². The lowest BCUT2D eigenvalue weighted by molar-refractivity contribution is -0.131. The minimum Gasteiger partial charge on any atom is -0.493 e. The summed E-state index contributed by atoms with van der Waals surface area (Å²) in [5.74, 6) is 1.86. The molecule has 2 aromatic rings. The lowest BCUT2D eigenvalue weighted by Crippen LogP contribution is -2.35. The normalized spacial score (nSPS) is 15.7. The van der Waals surface area contributed by atoms with Gasteiger partial charge in [0.15, 0.2) is 0 Å². The fraction of sp³-hybridized carbons (Fsp3) is 0.500. The summed E-state index contributed by atoms with van der Waals surface area (Å²) in [6.07, 6.45) is 1.40. The highest BCUT2D eigenvalue weighted by Crippen LogP contribution is 2.16. The number of aromatic nitrogens is 1. The topological polar surface area (TPSA) is 58.8 Å². The van der Waals surface area contributed by atoms with E-state index in [1.165, 1.54) is 5.56 Å². The van der Waals surface area contributed by atoms with Crippen LogP contribution in [0.5, 0.6) is 5.75 Å². The molecule has 140 valence electrons. The smallest absolute Gasteiger partial charge is 0.226 e. The highest BCUT2D eigenvalue weighted by molar-refractivity contribution is 5.76. The molecule has 26 heavy (non-hydrogen) atoms. The molecule has 0 spiro atoms. The molecule has 1 saturated heterocycles. The summed E-state index contributed by atoms with van der Waals surface area (Å²) in [5.41, 5.74) is 2.12. The van der Waals surface area contributed by atoms with Crippen molar-refractivity contribution in [1.82, 2.24) is 15.0 Å². The Morgan fingerprint density at radius 2 is 1.96 bits per heavy atom. The van der Waals surface area contributed by atoms with Crippen LogP contribution >= 0.6 is 0 Å². The maximum atomic E-state index is 12.5. The van der Waals surface area contributed by atoms with E-state index in [1.54, 1.807) is 0 Å². The monoisotopic (exact) mass is 357 g/mol. The van der Waals surface area contributed by atoms with Crippen LogP contribution in [-0.2, 0) is 11.3 Å². The molecule has 1 aromatic heterocycles. The minimum absolute atomic E-state index is 0.167. The molecule has 1 fully saturated rings. The van der Waals surface area contributed by atoms with Crippen LogP contribution in [0.25, 0.3) is 0 Å². The van der Waals surface area contributed by atoms with E-state index in [0.29, 0.717) is 13.0 Å². The lowest BCUT2D eigenvalue weighted by atomic mass is 10.2. The first kappa shape index (κ1) is 18.5.